The molecule has 0 bridgehead atoms. The fourth-order valence-corrected chi connectivity index (χ4v) is 1.93. The molecule has 0 fully saturated rings. The van der Waals surface area contributed by atoms with Crippen molar-refractivity contribution in [3.8, 4) is 0 Å². The molecule has 2 aromatic rings. The largest absolute Gasteiger partial charge is 0.393 e. The Bertz CT molecular complexity index is 509. The normalized spacial score (nSPS) is 12.6. The summed E-state index contributed by atoms with van der Waals surface area (Å²) < 4.78 is 0. The van der Waals surface area contributed by atoms with Gasteiger partial charge in [-0.15, -0.1) is 10.2 Å². The number of aryl methyl sites for hydroxylation is 3. The maximum atomic E-state index is 9.95. The Hall–Kier alpha value is -1.75. The third kappa shape index (κ3) is 3.37. The summed E-state index contributed by atoms with van der Waals surface area (Å²) in [4.78, 5) is 1.41. The number of hydrogen-bond donors (Lipinski definition) is 1. The van der Waals surface area contributed by atoms with Gasteiger partial charge in [0.05, 0.1) is 13.2 Å². The van der Waals surface area contributed by atoms with Crippen molar-refractivity contribution < 1.29 is 5.11 Å². The summed E-state index contributed by atoms with van der Waals surface area (Å²) in [6.45, 7) is 2.09. The first-order valence-corrected chi connectivity index (χ1v) is 6.10. The van der Waals surface area contributed by atoms with Crippen molar-refractivity contribution in [3.63, 3.8) is 0 Å². The molecule has 2 rings (SSSR count). The number of benzene rings is 1. The molecule has 1 heterocycles. The van der Waals surface area contributed by atoms with Gasteiger partial charge in [-0.05, 0) is 36.1 Å². The van der Waals surface area contributed by atoms with E-state index in [1.807, 2.05) is 12.1 Å². The van der Waals surface area contributed by atoms with Crippen molar-refractivity contribution in [1.29, 1.82) is 0 Å². The van der Waals surface area contributed by atoms with Crippen molar-refractivity contribution in [1.82, 2.24) is 20.2 Å². The molecule has 0 aliphatic carbocycles. The average Bonchev–Trinajstić information content (AvgIpc) is 2.74. The highest BCUT2D eigenvalue weighted by molar-refractivity contribution is 5.25. The maximum Gasteiger partial charge on any atom is 0.177 e. The molecule has 1 aromatic carbocycles. The molecule has 0 aliphatic heterocycles. The van der Waals surface area contributed by atoms with Crippen LogP contribution >= 0.6 is 0 Å². The summed E-state index contributed by atoms with van der Waals surface area (Å²) in [5.74, 6) is 0.592. The Kier molecular flexibility index (Phi) is 4.04. The maximum absolute atomic E-state index is 9.95. The molecule has 1 N–H and O–H groups in total. The number of aromatic nitrogens is 4. The van der Waals surface area contributed by atoms with Crippen molar-refractivity contribution in [2.75, 3.05) is 0 Å². The van der Waals surface area contributed by atoms with Gasteiger partial charge in [-0.1, -0.05) is 24.3 Å². The van der Waals surface area contributed by atoms with Gasteiger partial charge < -0.3 is 5.11 Å². The number of tetrazole rings is 1. The zero-order valence-electron chi connectivity index (χ0n) is 10.7. The smallest absolute Gasteiger partial charge is 0.177 e. The summed E-state index contributed by atoms with van der Waals surface area (Å²) >= 11 is 0. The van der Waals surface area contributed by atoms with Crippen LogP contribution < -0.4 is 0 Å². The molecule has 96 valence electrons. The van der Waals surface area contributed by atoms with Crippen LogP contribution in [0.1, 0.15) is 23.4 Å². The van der Waals surface area contributed by atoms with Gasteiger partial charge in [0.15, 0.2) is 5.82 Å². The Balaban J connectivity index is 1.85. The standard InChI is InChI=1S/C13H18N4O/c1-10-5-3-4-6-11(10)7-8-12(18)9-13-14-16-17(2)15-13/h3-6,12,18H,7-9H2,1-2H3. The quantitative estimate of drug-likeness (QED) is 0.856. The van der Waals surface area contributed by atoms with Gasteiger partial charge in [0, 0.05) is 6.42 Å². The molecule has 0 radical (unpaired) electrons. The first kappa shape index (κ1) is 12.7. The molecule has 0 saturated heterocycles. The predicted octanol–water partition coefficient (Wildman–Crippen LogP) is 1.05. The highest BCUT2D eigenvalue weighted by atomic mass is 16.3. The SMILES string of the molecule is Cc1ccccc1CCC(O)Cc1nnn(C)n1. The summed E-state index contributed by atoms with van der Waals surface area (Å²) in [6.07, 6.45) is 1.62. The van der Waals surface area contributed by atoms with E-state index in [2.05, 4.69) is 34.5 Å². The molecule has 5 heteroatoms. The highest BCUT2D eigenvalue weighted by Gasteiger charge is 2.10. The Morgan fingerprint density at radius 2 is 2.11 bits per heavy atom. The predicted molar refractivity (Wildman–Crippen MR) is 68.0 cm³/mol. The molecule has 0 amide bonds. The summed E-state index contributed by atoms with van der Waals surface area (Å²) in [7, 11) is 1.72. The van der Waals surface area contributed by atoms with Gasteiger partial charge in [0.2, 0.25) is 0 Å². The monoisotopic (exact) mass is 246 g/mol. The van der Waals surface area contributed by atoms with E-state index in [1.54, 1.807) is 7.05 Å². The molecular formula is C13H18N4O. The van der Waals surface area contributed by atoms with E-state index >= 15 is 0 Å². The van der Waals surface area contributed by atoms with Gasteiger partial charge >= 0.3 is 0 Å². The van der Waals surface area contributed by atoms with Crippen LogP contribution in [0.4, 0.5) is 0 Å². The molecule has 1 aromatic heterocycles. The zero-order valence-corrected chi connectivity index (χ0v) is 10.7. The lowest BCUT2D eigenvalue weighted by molar-refractivity contribution is 0.162. The first-order valence-electron chi connectivity index (χ1n) is 6.10. The number of rotatable bonds is 5. The van der Waals surface area contributed by atoms with Crippen molar-refractivity contribution in [3.05, 3.63) is 41.2 Å². The minimum atomic E-state index is -0.422. The van der Waals surface area contributed by atoms with Crippen LogP contribution in [-0.2, 0) is 19.9 Å². The van der Waals surface area contributed by atoms with Crippen molar-refractivity contribution >= 4 is 0 Å². The second-order valence-corrected chi connectivity index (χ2v) is 4.52. The Morgan fingerprint density at radius 3 is 2.78 bits per heavy atom. The van der Waals surface area contributed by atoms with E-state index in [4.69, 9.17) is 0 Å². The molecule has 5 nitrogen and oxygen atoms in total. The average molecular weight is 246 g/mol. The van der Waals surface area contributed by atoms with Crippen LogP contribution in [0, 0.1) is 6.92 Å². The lowest BCUT2D eigenvalue weighted by Gasteiger charge is -2.09. The topological polar surface area (TPSA) is 63.8 Å². The van der Waals surface area contributed by atoms with Crippen LogP contribution in [0.15, 0.2) is 24.3 Å². The fourth-order valence-electron chi connectivity index (χ4n) is 1.93. The Labute approximate surface area is 106 Å². The number of aliphatic hydroxyl groups excluding tert-OH is 1. The van der Waals surface area contributed by atoms with E-state index in [9.17, 15) is 5.11 Å². The number of aliphatic hydroxyl groups is 1. The fraction of sp³-hybridized carbons (Fsp3) is 0.462. The van der Waals surface area contributed by atoms with Crippen LogP contribution in [0.2, 0.25) is 0 Å². The second-order valence-electron chi connectivity index (χ2n) is 4.52. The molecule has 0 aliphatic rings. The van der Waals surface area contributed by atoms with E-state index in [1.165, 1.54) is 15.9 Å². The minimum Gasteiger partial charge on any atom is -0.393 e. The number of hydrogen-bond acceptors (Lipinski definition) is 4. The minimum absolute atomic E-state index is 0.422. The lowest BCUT2D eigenvalue weighted by atomic mass is 10.0. The highest BCUT2D eigenvalue weighted by Crippen LogP contribution is 2.11. The third-order valence-electron chi connectivity index (χ3n) is 2.98. The summed E-state index contributed by atoms with van der Waals surface area (Å²) in [6, 6.07) is 8.24. The van der Waals surface area contributed by atoms with Crippen molar-refractivity contribution in [2.45, 2.75) is 32.3 Å². The van der Waals surface area contributed by atoms with Gasteiger partial charge in [-0.3, -0.25) is 0 Å². The molecular weight excluding hydrogens is 228 g/mol. The van der Waals surface area contributed by atoms with Gasteiger partial charge in [0.25, 0.3) is 0 Å². The van der Waals surface area contributed by atoms with Gasteiger partial charge in [-0.2, -0.15) is 4.80 Å². The molecule has 0 saturated carbocycles. The lowest BCUT2D eigenvalue weighted by Crippen LogP contribution is -2.13. The molecule has 1 unspecified atom stereocenters. The molecule has 18 heavy (non-hydrogen) atoms. The van der Waals surface area contributed by atoms with E-state index < -0.39 is 6.10 Å². The summed E-state index contributed by atoms with van der Waals surface area (Å²) in [5.41, 5.74) is 2.55. The van der Waals surface area contributed by atoms with E-state index in [-0.39, 0.29) is 0 Å². The van der Waals surface area contributed by atoms with E-state index in [0.717, 1.165) is 6.42 Å². The second kappa shape index (κ2) is 5.73. The van der Waals surface area contributed by atoms with Crippen LogP contribution in [-0.4, -0.2) is 31.4 Å². The molecule has 0 spiro atoms. The van der Waals surface area contributed by atoms with E-state index in [0.29, 0.717) is 18.7 Å². The van der Waals surface area contributed by atoms with Gasteiger partial charge in [-0.25, -0.2) is 0 Å². The first-order chi connectivity index (χ1) is 8.65. The number of nitrogens with zero attached hydrogens (tertiary/aromatic N) is 4. The summed E-state index contributed by atoms with van der Waals surface area (Å²) in [5, 5.41) is 21.6. The van der Waals surface area contributed by atoms with Crippen LogP contribution in [0.3, 0.4) is 0 Å². The van der Waals surface area contributed by atoms with Crippen LogP contribution in [0.5, 0.6) is 0 Å². The van der Waals surface area contributed by atoms with Crippen LogP contribution in [0.25, 0.3) is 0 Å². The molecule has 1 atom stereocenters. The zero-order chi connectivity index (χ0) is 13.0. The third-order valence-corrected chi connectivity index (χ3v) is 2.98. The Morgan fingerprint density at radius 1 is 1.33 bits per heavy atom. The van der Waals surface area contributed by atoms with Crippen molar-refractivity contribution in [2.24, 2.45) is 7.05 Å². The van der Waals surface area contributed by atoms with Gasteiger partial charge in [0.1, 0.15) is 0 Å².